The van der Waals surface area contributed by atoms with E-state index in [2.05, 4.69) is 12.1 Å². The molecule has 0 saturated carbocycles. The van der Waals surface area contributed by atoms with Crippen molar-refractivity contribution in [2.75, 3.05) is 0 Å². The molecule has 1 radical (unpaired) electrons. The third-order valence-electron chi connectivity index (χ3n) is 1.42. The largest absolute Gasteiger partial charge is 0.195 e. The summed E-state index contributed by atoms with van der Waals surface area (Å²) in [5.41, 5.74) is 2.76. The van der Waals surface area contributed by atoms with Gasteiger partial charge in [0.2, 0.25) is 0 Å². The van der Waals surface area contributed by atoms with Crippen molar-refractivity contribution in [1.29, 1.82) is 5.26 Å². The molecule has 0 spiro atoms. The molecule has 1 aromatic rings. The number of hydrogen-bond acceptors (Lipinski definition) is 1. The first-order valence-corrected chi connectivity index (χ1v) is 3.13. The molecule has 0 aromatic heterocycles. The minimum absolute atomic E-state index is 0. The van der Waals surface area contributed by atoms with Crippen LogP contribution in [0.3, 0.4) is 0 Å². The van der Waals surface area contributed by atoms with E-state index in [0.717, 1.165) is 16.7 Å². The van der Waals surface area contributed by atoms with Gasteiger partial charge in [0.15, 0.2) is 0 Å². The van der Waals surface area contributed by atoms with Crippen LogP contribution in [0, 0.1) is 31.2 Å². The Morgan fingerprint density at radius 2 is 2.09 bits per heavy atom. The third kappa shape index (κ3) is 2.73. The molecular formula is C9H8NY-. The van der Waals surface area contributed by atoms with Gasteiger partial charge >= 0.3 is 0 Å². The summed E-state index contributed by atoms with van der Waals surface area (Å²) in [5.74, 6) is 0. The van der Waals surface area contributed by atoms with Gasteiger partial charge in [0, 0.05) is 32.7 Å². The van der Waals surface area contributed by atoms with Crippen LogP contribution in [-0.4, -0.2) is 0 Å². The number of hydrogen-bond donors (Lipinski definition) is 0. The smallest absolute Gasteiger partial charge is 0.0728 e. The molecule has 0 unspecified atom stereocenters. The fourth-order valence-corrected chi connectivity index (χ4v) is 0.792. The Balaban J connectivity index is 0.000001000. The molecule has 0 amide bonds. The van der Waals surface area contributed by atoms with Crippen molar-refractivity contribution in [3.8, 4) is 6.07 Å². The van der Waals surface area contributed by atoms with Crippen molar-refractivity contribution in [2.45, 2.75) is 13.8 Å². The monoisotopic (exact) mass is 219 g/mol. The maximum absolute atomic E-state index is 8.58. The second kappa shape index (κ2) is 4.64. The number of benzene rings is 1. The van der Waals surface area contributed by atoms with Crippen molar-refractivity contribution in [1.82, 2.24) is 0 Å². The van der Waals surface area contributed by atoms with Gasteiger partial charge in [-0.05, 0) is 0 Å². The first kappa shape index (κ1) is 10.8. The Hall–Kier alpha value is -0.186. The number of aryl methyl sites for hydroxylation is 2. The van der Waals surface area contributed by atoms with E-state index in [4.69, 9.17) is 5.26 Å². The van der Waals surface area contributed by atoms with Crippen molar-refractivity contribution in [3.05, 3.63) is 34.9 Å². The Kier molecular flexibility index (Phi) is 4.56. The van der Waals surface area contributed by atoms with Crippen LogP contribution in [0.4, 0.5) is 0 Å². The molecule has 0 bridgehead atoms. The van der Waals surface area contributed by atoms with Gasteiger partial charge in [-0.2, -0.15) is 23.0 Å². The van der Waals surface area contributed by atoms with Gasteiger partial charge in [-0.1, -0.05) is 19.4 Å². The summed E-state index contributed by atoms with van der Waals surface area (Å²) in [5, 5.41) is 8.58. The van der Waals surface area contributed by atoms with Gasteiger partial charge in [0.1, 0.15) is 0 Å². The zero-order chi connectivity index (χ0) is 7.56. The maximum Gasteiger partial charge on any atom is 0.0728 e. The Morgan fingerprint density at radius 3 is 2.55 bits per heavy atom. The van der Waals surface area contributed by atoms with Gasteiger partial charge in [-0.25, -0.2) is 0 Å². The summed E-state index contributed by atoms with van der Waals surface area (Å²) >= 11 is 0. The van der Waals surface area contributed by atoms with Crippen molar-refractivity contribution >= 4 is 0 Å². The molecule has 0 heterocycles. The fourth-order valence-electron chi connectivity index (χ4n) is 0.792. The van der Waals surface area contributed by atoms with E-state index < -0.39 is 0 Å². The van der Waals surface area contributed by atoms with Crippen LogP contribution in [0.2, 0.25) is 0 Å². The van der Waals surface area contributed by atoms with E-state index in [1.807, 2.05) is 26.0 Å². The van der Waals surface area contributed by atoms with Gasteiger partial charge in [0.25, 0.3) is 0 Å². The molecule has 0 N–H and O–H groups in total. The molecule has 0 aliphatic heterocycles. The second-order valence-corrected chi connectivity index (χ2v) is 2.32. The average Bonchev–Trinajstić information content (AvgIpc) is 1.94. The zero-order valence-corrected chi connectivity index (χ0v) is 9.52. The molecule has 0 saturated heterocycles. The Bertz CT molecular complexity index is 286. The summed E-state index contributed by atoms with van der Waals surface area (Å²) < 4.78 is 0. The zero-order valence-electron chi connectivity index (χ0n) is 6.68. The molecule has 2 heteroatoms. The Labute approximate surface area is 92.3 Å². The van der Waals surface area contributed by atoms with Crippen LogP contribution in [0.1, 0.15) is 16.7 Å². The van der Waals surface area contributed by atoms with E-state index in [0.29, 0.717) is 0 Å². The molecule has 1 aromatic carbocycles. The molecule has 1 rings (SSSR count). The van der Waals surface area contributed by atoms with Gasteiger partial charge in [-0.15, -0.1) is 11.6 Å². The molecule has 0 aliphatic carbocycles. The average molecular weight is 219 g/mol. The quantitative estimate of drug-likeness (QED) is 0.612. The van der Waals surface area contributed by atoms with Gasteiger partial charge < -0.3 is 0 Å². The first-order valence-electron chi connectivity index (χ1n) is 3.13. The number of nitrogens with zero attached hydrogens (tertiary/aromatic N) is 1. The normalized spacial score (nSPS) is 8.09. The third-order valence-corrected chi connectivity index (χ3v) is 1.42. The predicted octanol–water partition coefficient (Wildman–Crippen LogP) is 1.97. The minimum Gasteiger partial charge on any atom is -0.195 e. The van der Waals surface area contributed by atoms with E-state index in [1.54, 1.807) is 0 Å². The van der Waals surface area contributed by atoms with Crippen LogP contribution >= 0.6 is 0 Å². The van der Waals surface area contributed by atoms with Crippen molar-refractivity contribution < 1.29 is 32.7 Å². The summed E-state index contributed by atoms with van der Waals surface area (Å²) in [6, 6.07) is 8.82. The van der Waals surface area contributed by atoms with Crippen LogP contribution in [0.15, 0.2) is 12.1 Å². The Morgan fingerprint density at radius 1 is 1.45 bits per heavy atom. The molecule has 11 heavy (non-hydrogen) atoms. The SMILES string of the molecule is Cc1[c-]cc(C)c(C#N)c1.[Y]. The topological polar surface area (TPSA) is 23.8 Å². The van der Waals surface area contributed by atoms with E-state index >= 15 is 0 Å². The van der Waals surface area contributed by atoms with Crippen LogP contribution in [0.25, 0.3) is 0 Å². The molecule has 0 fully saturated rings. The minimum atomic E-state index is 0. The van der Waals surface area contributed by atoms with E-state index in [9.17, 15) is 0 Å². The standard InChI is InChI=1S/C9H8N.Y/c1-7-3-4-8(2)9(5-7)6-10;/h4-5H,1-2H3;/q-1;. The molecule has 0 aliphatic rings. The second-order valence-electron chi connectivity index (χ2n) is 2.32. The molecular weight excluding hydrogens is 211 g/mol. The van der Waals surface area contributed by atoms with E-state index in [-0.39, 0.29) is 32.7 Å². The van der Waals surface area contributed by atoms with Crippen molar-refractivity contribution in [2.24, 2.45) is 0 Å². The predicted molar refractivity (Wildman–Crippen MR) is 39.5 cm³/mol. The molecule has 0 atom stereocenters. The van der Waals surface area contributed by atoms with Crippen LogP contribution in [0.5, 0.6) is 0 Å². The summed E-state index contributed by atoms with van der Waals surface area (Å²) in [6.07, 6.45) is 0. The van der Waals surface area contributed by atoms with E-state index in [1.165, 1.54) is 0 Å². The van der Waals surface area contributed by atoms with Gasteiger partial charge in [-0.3, -0.25) is 0 Å². The van der Waals surface area contributed by atoms with Gasteiger partial charge in [0.05, 0.1) is 6.07 Å². The molecule has 53 valence electrons. The van der Waals surface area contributed by atoms with Crippen LogP contribution < -0.4 is 0 Å². The summed E-state index contributed by atoms with van der Waals surface area (Å²) in [6.45, 7) is 3.84. The number of nitriles is 1. The summed E-state index contributed by atoms with van der Waals surface area (Å²) in [4.78, 5) is 0. The van der Waals surface area contributed by atoms with Crippen LogP contribution in [-0.2, 0) is 32.7 Å². The summed E-state index contributed by atoms with van der Waals surface area (Å²) in [7, 11) is 0. The molecule has 1 nitrogen and oxygen atoms in total. The fraction of sp³-hybridized carbons (Fsp3) is 0.222. The first-order chi connectivity index (χ1) is 4.74. The number of rotatable bonds is 0. The van der Waals surface area contributed by atoms with Crippen molar-refractivity contribution in [3.63, 3.8) is 0 Å². The maximum atomic E-state index is 8.58.